The lowest BCUT2D eigenvalue weighted by atomic mass is 10.2. The Morgan fingerprint density at radius 3 is 2.76 bits per heavy atom. The zero-order valence-electron chi connectivity index (χ0n) is 10.4. The van der Waals surface area contributed by atoms with Gasteiger partial charge in [0, 0.05) is 5.56 Å². The normalized spacial score (nSPS) is 16.6. The van der Waals surface area contributed by atoms with E-state index in [0.717, 1.165) is 11.8 Å². The molecule has 1 fully saturated rings. The van der Waals surface area contributed by atoms with Gasteiger partial charge in [-0.25, -0.2) is 0 Å². The average molecular weight is 356 g/mol. The quantitative estimate of drug-likeness (QED) is 0.580. The molecule has 1 aliphatic rings. The van der Waals surface area contributed by atoms with Gasteiger partial charge in [0.05, 0.1) is 15.0 Å². The van der Waals surface area contributed by atoms with Gasteiger partial charge in [-0.2, -0.15) is 0 Å². The number of hydrogen-bond donors (Lipinski definition) is 1. The van der Waals surface area contributed by atoms with E-state index in [2.05, 4.69) is 5.32 Å². The number of halogens is 2. The van der Waals surface area contributed by atoms with Gasteiger partial charge in [0.1, 0.15) is 16.5 Å². The standard InChI is InChI=1S/C14H7Cl2NO2S2/c15-9-3-1-2-8(12(9)16)10-5-4-7(19-10)6-11-13(20)17-14(18)21-11/h1-6H,(H,17,18,20)/b11-6-. The highest BCUT2D eigenvalue weighted by atomic mass is 35.5. The molecular formula is C14H7Cl2NO2S2. The Balaban J connectivity index is 1.94. The molecule has 0 spiro atoms. The minimum atomic E-state index is -0.184. The zero-order chi connectivity index (χ0) is 15.0. The van der Waals surface area contributed by atoms with Crippen LogP contribution in [-0.4, -0.2) is 10.2 Å². The third-order valence-electron chi connectivity index (χ3n) is 2.76. The molecule has 2 heterocycles. The van der Waals surface area contributed by atoms with Crippen molar-refractivity contribution in [2.24, 2.45) is 0 Å². The fourth-order valence-electron chi connectivity index (χ4n) is 1.82. The number of thioether (sulfide) groups is 1. The van der Waals surface area contributed by atoms with Gasteiger partial charge in [-0.3, -0.25) is 4.79 Å². The van der Waals surface area contributed by atoms with Crippen molar-refractivity contribution in [3.8, 4) is 11.3 Å². The summed E-state index contributed by atoms with van der Waals surface area (Å²) >= 11 is 18.2. The number of benzene rings is 1. The molecule has 0 unspecified atom stereocenters. The third kappa shape index (κ3) is 3.01. The van der Waals surface area contributed by atoms with Crippen molar-refractivity contribution < 1.29 is 9.21 Å². The van der Waals surface area contributed by atoms with Crippen LogP contribution in [0.1, 0.15) is 5.76 Å². The third-order valence-corrected chi connectivity index (χ3v) is 4.86. The summed E-state index contributed by atoms with van der Waals surface area (Å²) in [5.41, 5.74) is 0.713. The minimum absolute atomic E-state index is 0.184. The van der Waals surface area contributed by atoms with E-state index in [0.29, 0.717) is 37.0 Å². The first-order valence-corrected chi connectivity index (χ1v) is 7.82. The van der Waals surface area contributed by atoms with E-state index in [1.807, 2.05) is 6.07 Å². The van der Waals surface area contributed by atoms with Crippen LogP contribution in [0.15, 0.2) is 39.7 Å². The average Bonchev–Trinajstić information content (AvgIpc) is 3.01. The highest BCUT2D eigenvalue weighted by Crippen LogP contribution is 2.35. The van der Waals surface area contributed by atoms with E-state index in [4.69, 9.17) is 39.8 Å². The summed E-state index contributed by atoms with van der Waals surface area (Å²) in [6.45, 7) is 0. The second kappa shape index (κ2) is 5.85. The molecule has 1 aliphatic heterocycles. The second-order valence-corrected chi connectivity index (χ2v) is 6.36. The van der Waals surface area contributed by atoms with Crippen LogP contribution in [0.3, 0.4) is 0 Å². The maximum absolute atomic E-state index is 11.2. The Hall–Kier alpha value is -1.27. The van der Waals surface area contributed by atoms with E-state index < -0.39 is 0 Å². The number of hydrogen-bond acceptors (Lipinski definition) is 4. The smallest absolute Gasteiger partial charge is 0.289 e. The van der Waals surface area contributed by atoms with Crippen molar-refractivity contribution in [1.82, 2.24) is 5.32 Å². The number of furan rings is 1. The lowest BCUT2D eigenvalue weighted by Crippen LogP contribution is -2.15. The summed E-state index contributed by atoms with van der Waals surface area (Å²) in [7, 11) is 0. The maximum atomic E-state index is 11.2. The first-order valence-electron chi connectivity index (χ1n) is 5.83. The van der Waals surface area contributed by atoms with Crippen molar-refractivity contribution in [2.75, 3.05) is 0 Å². The molecule has 3 nitrogen and oxygen atoms in total. The van der Waals surface area contributed by atoms with Gasteiger partial charge in [-0.1, -0.05) is 41.5 Å². The molecule has 1 aromatic carbocycles. The van der Waals surface area contributed by atoms with Crippen LogP contribution in [0, 0.1) is 0 Å². The SMILES string of the molecule is O=C1NC(=S)/C(=C/c2ccc(-c3cccc(Cl)c3Cl)o2)S1. The first-order chi connectivity index (χ1) is 10.0. The fourth-order valence-corrected chi connectivity index (χ4v) is 3.23. The lowest BCUT2D eigenvalue weighted by molar-refractivity contribution is 0.265. The monoisotopic (exact) mass is 355 g/mol. The number of carbonyl (C=O) groups excluding carboxylic acids is 1. The van der Waals surface area contributed by atoms with Gasteiger partial charge in [0.2, 0.25) is 0 Å². The maximum Gasteiger partial charge on any atom is 0.289 e. The van der Waals surface area contributed by atoms with E-state index in [1.54, 1.807) is 30.3 Å². The number of carbonyl (C=O) groups is 1. The minimum Gasteiger partial charge on any atom is -0.457 e. The molecule has 7 heteroatoms. The van der Waals surface area contributed by atoms with Crippen molar-refractivity contribution in [3.63, 3.8) is 0 Å². The van der Waals surface area contributed by atoms with Crippen LogP contribution in [-0.2, 0) is 0 Å². The van der Waals surface area contributed by atoms with Gasteiger partial charge < -0.3 is 9.73 Å². The first kappa shape index (κ1) is 14.7. The topological polar surface area (TPSA) is 42.2 Å². The Bertz CT molecular complexity index is 783. The summed E-state index contributed by atoms with van der Waals surface area (Å²) in [4.78, 5) is 12.3. The van der Waals surface area contributed by atoms with Crippen molar-refractivity contribution in [2.45, 2.75) is 0 Å². The molecule has 1 N–H and O–H groups in total. The fraction of sp³-hybridized carbons (Fsp3) is 0. The van der Waals surface area contributed by atoms with E-state index in [-0.39, 0.29) is 5.24 Å². The van der Waals surface area contributed by atoms with Crippen LogP contribution in [0.5, 0.6) is 0 Å². The summed E-state index contributed by atoms with van der Waals surface area (Å²) in [5.74, 6) is 1.19. The largest absolute Gasteiger partial charge is 0.457 e. The number of rotatable bonds is 2. The second-order valence-electron chi connectivity index (χ2n) is 4.16. The van der Waals surface area contributed by atoms with E-state index in [9.17, 15) is 4.79 Å². The molecule has 0 aliphatic carbocycles. The van der Waals surface area contributed by atoms with Crippen LogP contribution in [0.25, 0.3) is 17.4 Å². The predicted molar refractivity (Wildman–Crippen MR) is 90.9 cm³/mol. The van der Waals surface area contributed by atoms with Gasteiger partial charge in [0.25, 0.3) is 5.24 Å². The molecule has 1 aromatic heterocycles. The zero-order valence-corrected chi connectivity index (χ0v) is 13.5. The molecule has 0 saturated carbocycles. The number of thiocarbonyl (C=S) groups is 1. The summed E-state index contributed by atoms with van der Waals surface area (Å²) in [6, 6.07) is 8.91. The van der Waals surface area contributed by atoms with Crippen molar-refractivity contribution in [3.05, 3.63) is 51.0 Å². The number of nitrogens with one attached hydrogen (secondary N) is 1. The van der Waals surface area contributed by atoms with Crippen molar-refractivity contribution in [1.29, 1.82) is 0 Å². The molecule has 2 aromatic rings. The molecular weight excluding hydrogens is 349 g/mol. The molecule has 0 radical (unpaired) electrons. The molecule has 3 rings (SSSR count). The molecule has 21 heavy (non-hydrogen) atoms. The van der Waals surface area contributed by atoms with Crippen molar-refractivity contribution >= 4 is 63.5 Å². The van der Waals surface area contributed by atoms with Gasteiger partial charge in [0.15, 0.2) is 0 Å². The Morgan fingerprint density at radius 2 is 2.05 bits per heavy atom. The highest BCUT2D eigenvalue weighted by molar-refractivity contribution is 8.19. The summed E-state index contributed by atoms with van der Waals surface area (Å²) in [5, 5.41) is 3.27. The van der Waals surface area contributed by atoms with E-state index in [1.165, 1.54) is 0 Å². The van der Waals surface area contributed by atoms with E-state index >= 15 is 0 Å². The Kier molecular flexibility index (Phi) is 4.08. The van der Waals surface area contributed by atoms with Crippen LogP contribution in [0.2, 0.25) is 10.0 Å². The molecule has 0 atom stereocenters. The Morgan fingerprint density at radius 1 is 1.24 bits per heavy atom. The Labute approximate surface area is 140 Å². The van der Waals surface area contributed by atoms with Gasteiger partial charge in [-0.05, 0) is 42.1 Å². The molecule has 0 bridgehead atoms. The van der Waals surface area contributed by atoms with Crippen LogP contribution < -0.4 is 5.32 Å². The number of amides is 1. The van der Waals surface area contributed by atoms with Gasteiger partial charge >= 0.3 is 0 Å². The predicted octanol–water partition coefficient (Wildman–Crippen LogP) is 5.38. The molecule has 106 valence electrons. The summed E-state index contributed by atoms with van der Waals surface area (Å²) in [6.07, 6.45) is 1.72. The lowest BCUT2D eigenvalue weighted by Gasteiger charge is -2.02. The van der Waals surface area contributed by atoms with Crippen LogP contribution >= 0.6 is 47.2 Å². The molecule has 1 amide bonds. The molecule has 1 saturated heterocycles. The highest BCUT2D eigenvalue weighted by Gasteiger charge is 2.22. The van der Waals surface area contributed by atoms with Gasteiger partial charge in [-0.15, -0.1) is 0 Å². The van der Waals surface area contributed by atoms with Crippen LogP contribution in [0.4, 0.5) is 4.79 Å². The summed E-state index contributed by atoms with van der Waals surface area (Å²) < 4.78 is 5.72.